The zero-order valence-electron chi connectivity index (χ0n) is 8.33. The van der Waals surface area contributed by atoms with Crippen molar-refractivity contribution >= 4 is 17.3 Å². The third-order valence-corrected chi connectivity index (χ3v) is 2.01. The van der Waals surface area contributed by atoms with E-state index in [1.807, 2.05) is 6.92 Å². The van der Waals surface area contributed by atoms with Gasteiger partial charge in [0.15, 0.2) is 0 Å². The highest BCUT2D eigenvalue weighted by Gasteiger charge is 2.10. The monoisotopic (exact) mass is 194 g/mol. The average Bonchev–Trinajstić information content (AvgIpc) is 2.10. The summed E-state index contributed by atoms with van der Waals surface area (Å²) in [6.45, 7) is 1.90. The van der Waals surface area contributed by atoms with E-state index in [1.54, 1.807) is 12.1 Å². The lowest BCUT2D eigenvalue weighted by Crippen LogP contribution is -2.09. The second kappa shape index (κ2) is 4.00. The fraction of sp³-hybridized carbons (Fsp3) is 0.300. The van der Waals surface area contributed by atoms with Crippen molar-refractivity contribution in [1.82, 2.24) is 0 Å². The molecular weight excluding hydrogens is 180 g/mol. The van der Waals surface area contributed by atoms with Crippen molar-refractivity contribution in [3.8, 4) is 0 Å². The minimum absolute atomic E-state index is 0.119. The van der Waals surface area contributed by atoms with Gasteiger partial charge in [-0.05, 0) is 24.6 Å². The molecule has 0 aliphatic rings. The van der Waals surface area contributed by atoms with Crippen molar-refractivity contribution in [2.45, 2.75) is 13.3 Å². The van der Waals surface area contributed by atoms with Crippen LogP contribution in [0.25, 0.3) is 0 Å². The SMILES string of the molecule is COC(=O)Cc1c(N)cc(C)cc1N. The molecule has 0 fully saturated rings. The van der Waals surface area contributed by atoms with Gasteiger partial charge in [-0.15, -0.1) is 0 Å². The molecule has 0 saturated heterocycles. The second-order valence-corrected chi connectivity index (χ2v) is 3.17. The molecule has 1 aromatic rings. The van der Waals surface area contributed by atoms with Gasteiger partial charge in [-0.3, -0.25) is 4.79 Å². The number of aryl methyl sites for hydroxylation is 1. The van der Waals surface area contributed by atoms with Crippen LogP contribution < -0.4 is 11.5 Å². The van der Waals surface area contributed by atoms with Gasteiger partial charge >= 0.3 is 5.97 Å². The lowest BCUT2D eigenvalue weighted by molar-refractivity contribution is -0.139. The lowest BCUT2D eigenvalue weighted by Gasteiger charge is -2.09. The topological polar surface area (TPSA) is 78.3 Å². The van der Waals surface area contributed by atoms with Crippen LogP contribution in [0.2, 0.25) is 0 Å². The smallest absolute Gasteiger partial charge is 0.310 e. The molecule has 1 aromatic carbocycles. The third kappa shape index (κ3) is 2.16. The Morgan fingerprint density at radius 3 is 2.29 bits per heavy atom. The Hall–Kier alpha value is -1.71. The van der Waals surface area contributed by atoms with E-state index in [-0.39, 0.29) is 12.4 Å². The molecule has 0 spiro atoms. The Labute approximate surface area is 82.8 Å². The highest BCUT2D eigenvalue weighted by molar-refractivity contribution is 5.78. The van der Waals surface area contributed by atoms with Crippen LogP contribution >= 0.6 is 0 Å². The van der Waals surface area contributed by atoms with Crippen molar-refractivity contribution < 1.29 is 9.53 Å². The van der Waals surface area contributed by atoms with E-state index in [9.17, 15) is 4.79 Å². The molecule has 76 valence electrons. The van der Waals surface area contributed by atoms with Crippen molar-refractivity contribution in [1.29, 1.82) is 0 Å². The molecule has 0 atom stereocenters. The number of methoxy groups -OCH3 is 1. The van der Waals surface area contributed by atoms with Crippen LogP contribution in [0.5, 0.6) is 0 Å². The van der Waals surface area contributed by atoms with Gasteiger partial charge in [0.1, 0.15) is 0 Å². The van der Waals surface area contributed by atoms with Crippen molar-refractivity contribution in [3.63, 3.8) is 0 Å². The summed E-state index contributed by atoms with van der Waals surface area (Å²) in [5.41, 5.74) is 14.2. The Morgan fingerprint density at radius 1 is 1.36 bits per heavy atom. The Balaban J connectivity index is 3.02. The number of hydrogen-bond donors (Lipinski definition) is 2. The molecule has 0 aromatic heterocycles. The van der Waals surface area contributed by atoms with Gasteiger partial charge in [0, 0.05) is 16.9 Å². The van der Waals surface area contributed by atoms with Gasteiger partial charge in [0.2, 0.25) is 0 Å². The van der Waals surface area contributed by atoms with Crippen LogP contribution in [-0.2, 0) is 16.0 Å². The third-order valence-electron chi connectivity index (χ3n) is 2.01. The van der Waals surface area contributed by atoms with Crippen LogP contribution in [0, 0.1) is 6.92 Å². The summed E-state index contributed by atoms with van der Waals surface area (Å²) < 4.78 is 4.54. The Morgan fingerprint density at radius 2 is 1.86 bits per heavy atom. The molecule has 0 aliphatic carbocycles. The van der Waals surface area contributed by atoms with Gasteiger partial charge in [0.05, 0.1) is 13.5 Å². The number of carbonyl (C=O) groups is 1. The molecule has 0 aliphatic heterocycles. The molecule has 0 radical (unpaired) electrons. The van der Waals surface area contributed by atoms with Gasteiger partial charge in [-0.25, -0.2) is 0 Å². The minimum atomic E-state index is -0.341. The van der Waals surface area contributed by atoms with E-state index in [0.29, 0.717) is 16.9 Å². The molecule has 0 unspecified atom stereocenters. The van der Waals surface area contributed by atoms with Crippen molar-refractivity contribution in [2.24, 2.45) is 0 Å². The Kier molecular flexibility index (Phi) is 2.96. The van der Waals surface area contributed by atoms with Crippen LogP contribution in [0.15, 0.2) is 12.1 Å². The number of hydrogen-bond acceptors (Lipinski definition) is 4. The first-order valence-electron chi connectivity index (χ1n) is 4.26. The fourth-order valence-corrected chi connectivity index (χ4v) is 1.29. The number of carbonyl (C=O) groups excluding carboxylic acids is 1. The first kappa shape index (κ1) is 10.4. The molecule has 0 bridgehead atoms. The van der Waals surface area contributed by atoms with E-state index in [2.05, 4.69) is 4.74 Å². The minimum Gasteiger partial charge on any atom is -0.469 e. The summed E-state index contributed by atoms with van der Waals surface area (Å²) in [7, 11) is 1.34. The van der Waals surface area contributed by atoms with E-state index >= 15 is 0 Å². The summed E-state index contributed by atoms with van der Waals surface area (Å²) in [6, 6.07) is 3.57. The zero-order valence-corrected chi connectivity index (χ0v) is 8.33. The number of benzene rings is 1. The van der Waals surface area contributed by atoms with Gasteiger partial charge < -0.3 is 16.2 Å². The van der Waals surface area contributed by atoms with Gasteiger partial charge in [0.25, 0.3) is 0 Å². The maximum Gasteiger partial charge on any atom is 0.310 e. The normalized spacial score (nSPS) is 9.86. The second-order valence-electron chi connectivity index (χ2n) is 3.17. The molecule has 0 saturated carbocycles. The quantitative estimate of drug-likeness (QED) is 0.541. The number of nitrogens with two attached hydrogens (primary N) is 2. The van der Waals surface area contributed by atoms with E-state index in [4.69, 9.17) is 11.5 Å². The number of esters is 1. The molecule has 4 heteroatoms. The number of nitrogen functional groups attached to an aromatic ring is 2. The lowest BCUT2D eigenvalue weighted by atomic mass is 10.0. The highest BCUT2D eigenvalue weighted by atomic mass is 16.5. The summed E-state index contributed by atoms with van der Waals surface area (Å²) in [6.07, 6.45) is 0.119. The van der Waals surface area contributed by atoms with Gasteiger partial charge in [-0.1, -0.05) is 0 Å². The molecular formula is C10H14N2O2. The van der Waals surface area contributed by atoms with Crippen LogP contribution in [0.3, 0.4) is 0 Å². The highest BCUT2D eigenvalue weighted by Crippen LogP contribution is 2.22. The molecule has 0 amide bonds. The van der Waals surface area contributed by atoms with Crippen LogP contribution in [0.1, 0.15) is 11.1 Å². The van der Waals surface area contributed by atoms with Crippen molar-refractivity contribution in [3.05, 3.63) is 23.3 Å². The maximum atomic E-state index is 11.0. The summed E-state index contributed by atoms with van der Waals surface area (Å²) in [4.78, 5) is 11.0. The van der Waals surface area contributed by atoms with E-state index in [0.717, 1.165) is 5.56 Å². The number of anilines is 2. The predicted molar refractivity (Wildman–Crippen MR) is 55.7 cm³/mol. The van der Waals surface area contributed by atoms with E-state index in [1.165, 1.54) is 7.11 Å². The molecule has 4 N–H and O–H groups in total. The first-order valence-corrected chi connectivity index (χ1v) is 4.26. The zero-order chi connectivity index (χ0) is 10.7. The standard InChI is InChI=1S/C10H14N2O2/c1-6-3-8(11)7(9(12)4-6)5-10(13)14-2/h3-4H,5,11-12H2,1-2H3. The van der Waals surface area contributed by atoms with E-state index < -0.39 is 0 Å². The summed E-state index contributed by atoms with van der Waals surface area (Å²) >= 11 is 0. The molecule has 4 nitrogen and oxygen atoms in total. The molecule has 14 heavy (non-hydrogen) atoms. The molecule has 0 heterocycles. The number of rotatable bonds is 2. The summed E-state index contributed by atoms with van der Waals surface area (Å²) in [5, 5.41) is 0. The summed E-state index contributed by atoms with van der Waals surface area (Å²) in [5.74, 6) is -0.341. The number of ether oxygens (including phenoxy) is 1. The molecule has 1 rings (SSSR count). The van der Waals surface area contributed by atoms with Crippen molar-refractivity contribution in [2.75, 3.05) is 18.6 Å². The fourth-order valence-electron chi connectivity index (χ4n) is 1.29. The average molecular weight is 194 g/mol. The largest absolute Gasteiger partial charge is 0.469 e. The van der Waals surface area contributed by atoms with Crippen LogP contribution in [-0.4, -0.2) is 13.1 Å². The Bertz CT molecular complexity index is 338. The maximum absolute atomic E-state index is 11.0. The van der Waals surface area contributed by atoms with Crippen LogP contribution in [0.4, 0.5) is 11.4 Å². The predicted octanol–water partition coefficient (Wildman–Crippen LogP) is 0.875. The van der Waals surface area contributed by atoms with Gasteiger partial charge in [-0.2, -0.15) is 0 Å². The first-order chi connectivity index (χ1) is 6.54.